The molecule has 0 spiro atoms. The molecule has 3 rings (SSSR count). The fourth-order valence-corrected chi connectivity index (χ4v) is 4.80. The van der Waals surface area contributed by atoms with E-state index in [1.54, 1.807) is 0 Å². The van der Waals surface area contributed by atoms with Crippen molar-refractivity contribution in [2.45, 2.75) is 19.9 Å². The number of anilines is 1. The fraction of sp³-hybridized carbons (Fsp3) is 0.333. The quantitative estimate of drug-likeness (QED) is 0.358. The monoisotopic (exact) mass is 490 g/mol. The molecule has 1 aliphatic rings. The number of halogens is 1. The van der Waals surface area contributed by atoms with Gasteiger partial charge in [0.1, 0.15) is 0 Å². The van der Waals surface area contributed by atoms with Crippen LogP contribution in [0.5, 0.6) is 0 Å². The highest BCUT2D eigenvalue weighted by molar-refractivity contribution is 6.31. The maximum atomic E-state index is 6.17. The minimum absolute atomic E-state index is 0.227. The number of nitrogens with one attached hydrogen (secondary N) is 2. The van der Waals surface area contributed by atoms with Crippen molar-refractivity contribution in [2.24, 2.45) is 0 Å². The molecule has 0 bridgehead atoms. The van der Waals surface area contributed by atoms with Crippen LogP contribution in [0.15, 0.2) is 91.1 Å². The Kier molecular flexibility index (Phi) is 10.7. The molecular weight excluding hydrogens is 452 g/mol. The van der Waals surface area contributed by atoms with Gasteiger partial charge in [0, 0.05) is 68.3 Å². The van der Waals surface area contributed by atoms with Gasteiger partial charge in [-0.05, 0) is 43.2 Å². The Bertz CT molecular complexity index is 1030. The Morgan fingerprint density at radius 3 is 2.46 bits per heavy atom. The molecule has 5 heteroatoms. The molecule has 1 saturated heterocycles. The minimum atomic E-state index is 0.227. The lowest BCUT2D eigenvalue weighted by Gasteiger charge is -2.40. The van der Waals surface area contributed by atoms with Gasteiger partial charge < -0.3 is 10.6 Å². The number of hydrogen-bond donors (Lipinski definition) is 2. The van der Waals surface area contributed by atoms with E-state index >= 15 is 0 Å². The summed E-state index contributed by atoms with van der Waals surface area (Å²) in [6.07, 6.45) is 10.5. The largest absolute Gasteiger partial charge is 0.388 e. The van der Waals surface area contributed by atoms with Crippen LogP contribution in [0.1, 0.15) is 31.0 Å². The van der Waals surface area contributed by atoms with Crippen LogP contribution >= 0.6 is 11.6 Å². The van der Waals surface area contributed by atoms with E-state index in [0.717, 1.165) is 61.2 Å². The van der Waals surface area contributed by atoms with Crippen molar-refractivity contribution in [3.8, 4) is 0 Å². The Balaban J connectivity index is 1.60. The van der Waals surface area contributed by atoms with E-state index in [9.17, 15) is 0 Å². The van der Waals surface area contributed by atoms with Gasteiger partial charge in [-0.3, -0.25) is 9.80 Å². The summed E-state index contributed by atoms with van der Waals surface area (Å²) in [5.74, 6) is 0. The molecule has 0 radical (unpaired) electrons. The van der Waals surface area contributed by atoms with Crippen LogP contribution in [0, 0.1) is 0 Å². The molecule has 0 aliphatic carbocycles. The Labute approximate surface area is 216 Å². The molecule has 1 heterocycles. The molecule has 1 fully saturated rings. The first-order chi connectivity index (χ1) is 17.1. The van der Waals surface area contributed by atoms with E-state index < -0.39 is 0 Å². The molecule has 2 N–H and O–H groups in total. The van der Waals surface area contributed by atoms with Crippen LogP contribution in [0.25, 0.3) is 5.70 Å². The van der Waals surface area contributed by atoms with Crippen molar-refractivity contribution in [3.63, 3.8) is 0 Å². The lowest BCUT2D eigenvalue weighted by atomic mass is 9.95. The summed E-state index contributed by atoms with van der Waals surface area (Å²) < 4.78 is 0. The van der Waals surface area contributed by atoms with E-state index in [1.807, 2.05) is 32.2 Å². The number of rotatable bonds is 11. The van der Waals surface area contributed by atoms with E-state index in [-0.39, 0.29) is 6.04 Å². The molecule has 0 amide bonds. The zero-order valence-electron chi connectivity index (χ0n) is 21.3. The SMILES string of the molecule is C=C/C(=C\C=C/C)C(c1ccccc1)N1CCN(CCN/C(=C/C)c2ccc(Cl)cc2NC)CC1. The first-order valence-electron chi connectivity index (χ1n) is 12.5. The Morgan fingerprint density at radius 1 is 1.09 bits per heavy atom. The second-order valence-electron chi connectivity index (χ2n) is 8.66. The summed E-state index contributed by atoms with van der Waals surface area (Å²) in [5, 5.41) is 7.62. The van der Waals surface area contributed by atoms with Crippen molar-refractivity contribution in [1.82, 2.24) is 15.1 Å². The van der Waals surface area contributed by atoms with E-state index in [2.05, 4.69) is 94.6 Å². The molecule has 1 atom stereocenters. The van der Waals surface area contributed by atoms with Crippen LogP contribution < -0.4 is 10.6 Å². The molecule has 0 aromatic heterocycles. The summed E-state index contributed by atoms with van der Waals surface area (Å²) in [7, 11) is 1.93. The van der Waals surface area contributed by atoms with Gasteiger partial charge in [-0.15, -0.1) is 0 Å². The number of nitrogens with zero attached hydrogens (tertiary/aromatic N) is 2. The van der Waals surface area contributed by atoms with Gasteiger partial charge in [0.2, 0.25) is 0 Å². The first kappa shape index (κ1) is 26.8. The van der Waals surface area contributed by atoms with E-state index in [1.165, 1.54) is 11.1 Å². The summed E-state index contributed by atoms with van der Waals surface area (Å²) in [5.41, 5.74) is 5.85. The third-order valence-corrected chi connectivity index (χ3v) is 6.73. The van der Waals surface area contributed by atoms with Gasteiger partial charge in [-0.2, -0.15) is 0 Å². The van der Waals surface area contributed by atoms with Crippen LogP contribution in [0.4, 0.5) is 5.69 Å². The van der Waals surface area contributed by atoms with Gasteiger partial charge in [-0.25, -0.2) is 0 Å². The zero-order chi connectivity index (χ0) is 25.0. The normalized spacial score (nSPS) is 16.9. The standard InChI is InChI=1S/C30H39ClN4/c1-5-8-12-24(6-2)30(25-13-10-9-11-14-25)35-21-19-34(20-22-35)18-17-33-28(7-3)27-16-15-26(31)23-29(27)32-4/h5-16,23,30,32-33H,2,17-22H2,1,3-4H3/b8-5-,24-12+,28-7+. The lowest BCUT2D eigenvalue weighted by molar-refractivity contribution is 0.110. The average Bonchev–Trinajstić information content (AvgIpc) is 2.90. The van der Waals surface area contributed by atoms with Gasteiger partial charge in [0.15, 0.2) is 0 Å². The molecule has 2 aromatic carbocycles. The predicted octanol–water partition coefficient (Wildman–Crippen LogP) is 6.38. The average molecular weight is 491 g/mol. The summed E-state index contributed by atoms with van der Waals surface area (Å²) in [4.78, 5) is 5.13. The first-order valence-corrected chi connectivity index (χ1v) is 12.8. The maximum absolute atomic E-state index is 6.17. The number of benzene rings is 2. The van der Waals surface area contributed by atoms with Crippen molar-refractivity contribution in [3.05, 3.63) is 107 Å². The topological polar surface area (TPSA) is 30.5 Å². The molecule has 1 aliphatic heterocycles. The number of allylic oxidation sites excluding steroid dienone is 4. The van der Waals surface area contributed by atoms with Crippen LogP contribution in [-0.2, 0) is 0 Å². The minimum Gasteiger partial charge on any atom is -0.388 e. The molecule has 186 valence electrons. The van der Waals surface area contributed by atoms with Gasteiger partial charge >= 0.3 is 0 Å². The van der Waals surface area contributed by atoms with E-state index in [4.69, 9.17) is 11.6 Å². The summed E-state index contributed by atoms with van der Waals surface area (Å²) in [6, 6.07) is 17.0. The van der Waals surface area contributed by atoms with Crippen molar-refractivity contribution in [1.29, 1.82) is 0 Å². The molecule has 1 unspecified atom stereocenters. The van der Waals surface area contributed by atoms with Gasteiger partial charge in [0.25, 0.3) is 0 Å². The van der Waals surface area contributed by atoms with E-state index in [0.29, 0.717) is 0 Å². The number of hydrogen-bond acceptors (Lipinski definition) is 4. The molecule has 4 nitrogen and oxygen atoms in total. The third-order valence-electron chi connectivity index (χ3n) is 6.49. The van der Waals surface area contributed by atoms with Crippen LogP contribution in [-0.4, -0.2) is 56.1 Å². The molecular formula is C30H39ClN4. The van der Waals surface area contributed by atoms with Gasteiger partial charge in [0.05, 0.1) is 6.04 Å². The Morgan fingerprint density at radius 2 is 1.83 bits per heavy atom. The third kappa shape index (κ3) is 7.35. The smallest absolute Gasteiger partial charge is 0.0602 e. The van der Waals surface area contributed by atoms with Crippen LogP contribution in [0.2, 0.25) is 5.02 Å². The second-order valence-corrected chi connectivity index (χ2v) is 9.09. The zero-order valence-corrected chi connectivity index (χ0v) is 22.1. The number of piperazine rings is 1. The highest BCUT2D eigenvalue weighted by Gasteiger charge is 2.26. The molecule has 0 saturated carbocycles. The summed E-state index contributed by atoms with van der Waals surface area (Å²) >= 11 is 6.17. The van der Waals surface area contributed by atoms with Crippen molar-refractivity contribution >= 4 is 23.0 Å². The lowest BCUT2D eigenvalue weighted by Crippen LogP contribution is -2.49. The highest BCUT2D eigenvalue weighted by Crippen LogP contribution is 2.30. The molecule has 2 aromatic rings. The fourth-order valence-electron chi connectivity index (χ4n) is 4.63. The van der Waals surface area contributed by atoms with Gasteiger partial charge in [-0.1, -0.05) is 78.9 Å². The van der Waals surface area contributed by atoms with Crippen molar-refractivity contribution in [2.75, 3.05) is 51.6 Å². The van der Waals surface area contributed by atoms with Crippen molar-refractivity contribution < 1.29 is 0 Å². The maximum Gasteiger partial charge on any atom is 0.0602 e. The predicted molar refractivity (Wildman–Crippen MR) is 153 cm³/mol. The van der Waals surface area contributed by atoms with Crippen LogP contribution in [0.3, 0.4) is 0 Å². The highest BCUT2D eigenvalue weighted by atomic mass is 35.5. The summed E-state index contributed by atoms with van der Waals surface area (Å²) in [6.45, 7) is 14.3. The molecule has 35 heavy (non-hydrogen) atoms. The Hall–Kier alpha value is -2.79. The second kappa shape index (κ2) is 13.9.